The minimum atomic E-state index is 1.07. The normalized spacial score (nSPS) is 11.5. The molecule has 0 N–H and O–H groups in total. The Bertz CT molecular complexity index is 124. The van der Waals surface area contributed by atoms with Gasteiger partial charge in [-0.3, -0.25) is 0 Å². The van der Waals surface area contributed by atoms with E-state index < -0.39 is 0 Å². The SMILES string of the molecule is CCN(/C=C\CN(CC)CC)CC. The van der Waals surface area contributed by atoms with E-state index in [0.29, 0.717) is 0 Å². The second-order valence-corrected chi connectivity index (χ2v) is 3.09. The third kappa shape index (κ3) is 5.69. The fraction of sp³-hybridized carbons (Fsp3) is 0.818. The predicted molar refractivity (Wildman–Crippen MR) is 59.8 cm³/mol. The third-order valence-electron chi connectivity index (χ3n) is 2.39. The first-order valence-corrected chi connectivity index (χ1v) is 5.41. The molecule has 0 aliphatic carbocycles. The number of rotatable bonds is 7. The van der Waals surface area contributed by atoms with Crippen LogP contribution in [0.1, 0.15) is 27.7 Å². The van der Waals surface area contributed by atoms with Gasteiger partial charge >= 0.3 is 0 Å². The summed E-state index contributed by atoms with van der Waals surface area (Å²) in [6.45, 7) is 14.3. The molecule has 0 aliphatic heterocycles. The summed E-state index contributed by atoms with van der Waals surface area (Å²) in [6, 6.07) is 0. The Labute approximate surface area is 83.2 Å². The molecule has 2 heteroatoms. The molecular weight excluding hydrogens is 160 g/mol. The average Bonchev–Trinajstić information content (AvgIpc) is 2.19. The lowest BCUT2D eigenvalue weighted by Crippen LogP contribution is -2.23. The van der Waals surface area contributed by atoms with Gasteiger partial charge < -0.3 is 9.80 Å². The molecule has 0 fully saturated rings. The van der Waals surface area contributed by atoms with E-state index >= 15 is 0 Å². The number of likely N-dealkylation sites (N-methyl/N-ethyl adjacent to an activating group) is 1. The van der Waals surface area contributed by atoms with Gasteiger partial charge in [-0.05, 0) is 33.1 Å². The monoisotopic (exact) mass is 184 g/mol. The Morgan fingerprint density at radius 3 is 1.77 bits per heavy atom. The van der Waals surface area contributed by atoms with E-state index in [9.17, 15) is 0 Å². The van der Waals surface area contributed by atoms with Crippen LogP contribution in [0.5, 0.6) is 0 Å². The lowest BCUT2D eigenvalue weighted by atomic mass is 10.4. The molecule has 0 aromatic rings. The van der Waals surface area contributed by atoms with Crippen LogP contribution in [0.3, 0.4) is 0 Å². The van der Waals surface area contributed by atoms with E-state index in [1.165, 1.54) is 0 Å². The summed E-state index contributed by atoms with van der Waals surface area (Å²) in [4.78, 5) is 4.71. The molecule has 0 aliphatic rings. The molecule has 0 aromatic carbocycles. The van der Waals surface area contributed by atoms with Crippen molar-refractivity contribution in [3.63, 3.8) is 0 Å². The summed E-state index contributed by atoms with van der Waals surface area (Å²) in [7, 11) is 0. The van der Waals surface area contributed by atoms with Crippen LogP contribution < -0.4 is 0 Å². The van der Waals surface area contributed by atoms with Gasteiger partial charge in [-0.15, -0.1) is 0 Å². The molecule has 0 unspecified atom stereocenters. The van der Waals surface area contributed by atoms with Gasteiger partial charge in [0, 0.05) is 19.6 Å². The Hall–Kier alpha value is -0.500. The minimum absolute atomic E-state index is 1.07. The Balaban J connectivity index is 3.70. The highest BCUT2D eigenvalue weighted by Crippen LogP contribution is 1.91. The molecule has 13 heavy (non-hydrogen) atoms. The summed E-state index contributed by atoms with van der Waals surface area (Å²) in [5, 5.41) is 0. The maximum atomic E-state index is 2.40. The number of hydrogen-bond donors (Lipinski definition) is 0. The molecule has 0 saturated carbocycles. The van der Waals surface area contributed by atoms with Gasteiger partial charge in [0.1, 0.15) is 0 Å². The maximum Gasteiger partial charge on any atom is 0.0180 e. The van der Waals surface area contributed by atoms with Crippen LogP contribution in [0.4, 0.5) is 0 Å². The predicted octanol–water partition coefficient (Wildman–Crippen LogP) is 2.18. The Morgan fingerprint density at radius 2 is 1.38 bits per heavy atom. The average molecular weight is 184 g/mol. The Morgan fingerprint density at radius 1 is 0.846 bits per heavy atom. The first-order chi connectivity index (χ1) is 6.28. The van der Waals surface area contributed by atoms with Gasteiger partial charge in [0.25, 0.3) is 0 Å². The van der Waals surface area contributed by atoms with Crippen molar-refractivity contribution in [3.8, 4) is 0 Å². The molecule has 0 bridgehead atoms. The van der Waals surface area contributed by atoms with Crippen molar-refractivity contribution in [1.82, 2.24) is 9.80 Å². The summed E-state index contributed by atoms with van der Waals surface area (Å²) in [5.74, 6) is 0. The van der Waals surface area contributed by atoms with E-state index in [-0.39, 0.29) is 0 Å². The lowest BCUT2D eigenvalue weighted by molar-refractivity contribution is 0.333. The first kappa shape index (κ1) is 12.5. The highest BCUT2D eigenvalue weighted by molar-refractivity contribution is 4.84. The van der Waals surface area contributed by atoms with Crippen molar-refractivity contribution >= 4 is 0 Å². The van der Waals surface area contributed by atoms with E-state index in [1.807, 2.05) is 0 Å². The minimum Gasteiger partial charge on any atom is -0.378 e. The summed E-state index contributed by atoms with van der Waals surface area (Å²) >= 11 is 0. The molecule has 2 nitrogen and oxygen atoms in total. The lowest BCUT2D eigenvalue weighted by Gasteiger charge is -2.18. The second-order valence-electron chi connectivity index (χ2n) is 3.09. The molecule has 0 amide bonds. The maximum absolute atomic E-state index is 2.40. The number of hydrogen-bond acceptors (Lipinski definition) is 2. The topological polar surface area (TPSA) is 6.48 Å². The smallest absolute Gasteiger partial charge is 0.0180 e. The summed E-state index contributed by atoms with van der Waals surface area (Å²) in [5.41, 5.74) is 0. The van der Waals surface area contributed by atoms with Crippen LogP contribution in [0.15, 0.2) is 12.3 Å². The highest BCUT2D eigenvalue weighted by atomic mass is 15.1. The zero-order valence-corrected chi connectivity index (χ0v) is 9.58. The first-order valence-electron chi connectivity index (χ1n) is 5.41. The molecule has 0 radical (unpaired) electrons. The largest absolute Gasteiger partial charge is 0.378 e. The van der Waals surface area contributed by atoms with Gasteiger partial charge in [0.05, 0.1) is 0 Å². The number of nitrogens with zero attached hydrogens (tertiary/aromatic N) is 2. The van der Waals surface area contributed by atoms with Crippen LogP contribution in [-0.4, -0.2) is 42.5 Å². The third-order valence-corrected chi connectivity index (χ3v) is 2.39. The van der Waals surface area contributed by atoms with Crippen molar-refractivity contribution in [1.29, 1.82) is 0 Å². The molecule has 0 heterocycles. The van der Waals surface area contributed by atoms with Gasteiger partial charge in [0.2, 0.25) is 0 Å². The summed E-state index contributed by atoms with van der Waals surface area (Å²) < 4.78 is 0. The molecule has 0 spiro atoms. The fourth-order valence-corrected chi connectivity index (χ4v) is 1.26. The fourth-order valence-electron chi connectivity index (χ4n) is 1.26. The van der Waals surface area contributed by atoms with Gasteiger partial charge in [-0.25, -0.2) is 0 Å². The Kier molecular flexibility index (Phi) is 7.80. The van der Waals surface area contributed by atoms with E-state index in [4.69, 9.17) is 0 Å². The van der Waals surface area contributed by atoms with Crippen LogP contribution in [0.25, 0.3) is 0 Å². The van der Waals surface area contributed by atoms with Crippen LogP contribution >= 0.6 is 0 Å². The summed E-state index contributed by atoms with van der Waals surface area (Å²) in [6.07, 6.45) is 4.46. The highest BCUT2D eigenvalue weighted by Gasteiger charge is 1.94. The van der Waals surface area contributed by atoms with Crippen LogP contribution in [-0.2, 0) is 0 Å². The zero-order valence-electron chi connectivity index (χ0n) is 9.58. The molecular formula is C11H24N2. The van der Waals surface area contributed by atoms with Crippen molar-refractivity contribution in [3.05, 3.63) is 12.3 Å². The molecule has 0 saturated heterocycles. The van der Waals surface area contributed by atoms with Crippen molar-refractivity contribution < 1.29 is 0 Å². The zero-order chi connectivity index (χ0) is 10.1. The van der Waals surface area contributed by atoms with Crippen molar-refractivity contribution in [2.45, 2.75) is 27.7 Å². The van der Waals surface area contributed by atoms with E-state index in [2.05, 4.69) is 49.8 Å². The molecule has 0 atom stereocenters. The quantitative estimate of drug-likeness (QED) is 0.598. The van der Waals surface area contributed by atoms with E-state index in [0.717, 1.165) is 32.7 Å². The van der Waals surface area contributed by atoms with E-state index in [1.54, 1.807) is 0 Å². The van der Waals surface area contributed by atoms with Gasteiger partial charge in [-0.2, -0.15) is 0 Å². The molecule has 78 valence electrons. The van der Waals surface area contributed by atoms with Crippen LogP contribution in [0.2, 0.25) is 0 Å². The molecule has 0 rings (SSSR count). The van der Waals surface area contributed by atoms with Crippen molar-refractivity contribution in [2.75, 3.05) is 32.7 Å². The van der Waals surface area contributed by atoms with Crippen LogP contribution in [0, 0.1) is 0 Å². The van der Waals surface area contributed by atoms with Crippen molar-refractivity contribution in [2.24, 2.45) is 0 Å². The molecule has 0 aromatic heterocycles. The second kappa shape index (κ2) is 8.11. The van der Waals surface area contributed by atoms with Gasteiger partial charge in [-0.1, -0.05) is 19.9 Å². The van der Waals surface area contributed by atoms with Gasteiger partial charge in [0.15, 0.2) is 0 Å². The standard InChI is InChI=1S/C11H24N2/c1-5-12(6-2)10-9-11-13(7-3)8-4/h9-10H,5-8,11H2,1-4H3/b10-9-.